The van der Waals surface area contributed by atoms with Crippen LogP contribution in [-0.2, 0) is 4.79 Å². The molecule has 3 rings (SSSR count). The van der Waals surface area contributed by atoms with Crippen molar-refractivity contribution in [2.75, 3.05) is 13.1 Å². The lowest BCUT2D eigenvalue weighted by molar-refractivity contribution is -0.120. The van der Waals surface area contributed by atoms with Gasteiger partial charge in [0.2, 0.25) is 11.8 Å². The number of aromatic nitrogens is 2. The normalized spacial score (nSPS) is 21.7. The number of nitrogens with one attached hydrogen (secondary N) is 3. The molecule has 3 N–H and O–H groups in total. The van der Waals surface area contributed by atoms with Crippen LogP contribution in [0.4, 0.5) is 0 Å². The van der Waals surface area contributed by atoms with Gasteiger partial charge in [-0.05, 0) is 32.2 Å². The summed E-state index contributed by atoms with van der Waals surface area (Å²) in [7, 11) is 0. The fourth-order valence-corrected chi connectivity index (χ4v) is 2.11. The summed E-state index contributed by atoms with van der Waals surface area (Å²) in [6.07, 6.45) is 4.01. The highest BCUT2D eigenvalue weighted by Gasteiger charge is 2.25. The Morgan fingerprint density at radius 1 is 1.35 bits per heavy atom. The number of hydrogen-bond acceptors (Lipinski definition) is 6. The molecule has 2 aliphatic rings. The molecule has 2 amide bonds. The minimum atomic E-state index is -0.496. The maximum Gasteiger partial charge on any atom is 0.293 e. The van der Waals surface area contributed by atoms with Crippen LogP contribution in [0.15, 0.2) is 4.52 Å². The van der Waals surface area contributed by atoms with E-state index in [1.54, 1.807) is 0 Å². The highest BCUT2D eigenvalue weighted by Crippen LogP contribution is 2.21. The van der Waals surface area contributed by atoms with Gasteiger partial charge in [-0.1, -0.05) is 5.16 Å². The quantitative estimate of drug-likeness (QED) is 0.670. The standard InChI is InChI=1S/C12H17N5O3/c18-9(15-7-3-4-7)6-14-11(19)10-16-12(20-17-10)8-2-1-5-13-8/h7-8,13H,1-6H2,(H,14,19)(H,15,18). The first-order chi connectivity index (χ1) is 9.72. The van der Waals surface area contributed by atoms with Crippen molar-refractivity contribution in [2.45, 2.75) is 37.8 Å². The van der Waals surface area contributed by atoms with Crippen LogP contribution >= 0.6 is 0 Å². The second kappa shape index (κ2) is 5.58. The maximum absolute atomic E-state index is 11.8. The molecular weight excluding hydrogens is 262 g/mol. The molecule has 1 aliphatic carbocycles. The summed E-state index contributed by atoms with van der Waals surface area (Å²) >= 11 is 0. The summed E-state index contributed by atoms with van der Waals surface area (Å²) in [5.74, 6) is -0.297. The molecule has 0 spiro atoms. The fraction of sp³-hybridized carbons (Fsp3) is 0.667. The first kappa shape index (κ1) is 13.0. The summed E-state index contributed by atoms with van der Waals surface area (Å²) in [6, 6.07) is 0.312. The monoisotopic (exact) mass is 279 g/mol. The van der Waals surface area contributed by atoms with Gasteiger partial charge in [-0.3, -0.25) is 9.59 Å². The largest absolute Gasteiger partial charge is 0.352 e. The van der Waals surface area contributed by atoms with Crippen molar-refractivity contribution in [2.24, 2.45) is 0 Å². The first-order valence-electron chi connectivity index (χ1n) is 6.87. The molecule has 1 aliphatic heterocycles. The number of carbonyl (C=O) groups excluding carboxylic acids is 2. The third-order valence-electron chi connectivity index (χ3n) is 3.36. The maximum atomic E-state index is 11.8. The molecule has 0 bridgehead atoms. The van der Waals surface area contributed by atoms with E-state index >= 15 is 0 Å². The van der Waals surface area contributed by atoms with Gasteiger partial charge < -0.3 is 20.5 Å². The van der Waals surface area contributed by atoms with Crippen molar-refractivity contribution < 1.29 is 14.1 Å². The van der Waals surface area contributed by atoms with Crippen LogP contribution in [0.25, 0.3) is 0 Å². The van der Waals surface area contributed by atoms with E-state index in [0.717, 1.165) is 32.2 Å². The summed E-state index contributed by atoms with van der Waals surface area (Å²) in [5.41, 5.74) is 0. The number of carbonyl (C=O) groups is 2. The van der Waals surface area contributed by atoms with Gasteiger partial charge in [-0.25, -0.2) is 0 Å². The molecule has 0 radical (unpaired) electrons. The fourth-order valence-electron chi connectivity index (χ4n) is 2.11. The molecule has 108 valence electrons. The molecule has 1 aromatic heterocycles. The highest BCUT2D eigenvalue weighted by atomic mass is 16.5. The third kappa shape index (κ3) is 3.13. The molecule has 20 heavy (non-hydrogen) atoms. The van der Waals surface area contributed by atoms with E-state index in [-0.39, 0.29) is 30.4 Å². The van der Waals surface area contributed by atoms with Crippen LogP contribution in [0.5, 0.6) is 0 Å². The zero-order chi connectivity index (χ0) is 13.9. The second-order valence-electron chi connectivity index (χ2n) is 5.13. The van der Waals surface area contributed by atoms with Crippen molar-refractivity contribution in [1.29, 1.82) is 0 Å². The Kier molecular flexibility index (Phi) is 3.64. The van der Waals surface area contributed by atoms with E-state index in [9.17, 15) is 9.59 Å². The SMILES string of the molecule is O=C(CNC(=O)c1noc(C2CCCN2)n1)NC1CC1. The predicted octanol–water partition coefficient (Wildman–Crippen LogP) is -0.497. The molecule has 1 unspecified atom stereocenters. The first-order valence-corrected chi connectivity index (χ1v) is 6.87. The second-order valence-corrected chi connectivity index (χ2v) is 5.13. The van der Waals surface area contributed by atoms with Crippen LogP contribution in [0.3, 0.4) is 0 Å². The van der Waals surface area contributed by atoms with Gasteiger partial charge in [0, 0.05) is 6.04 Å². The van der Waals surface area contributed by atoms with Crippen LogP contribution in [0.2, 0.25) is 0 Å². The van der Waals surface area contributed by atoms with Crippen molar-refractivity contribution >= 4 is 11.8 Å². The lowest BCUT2D eigenvalue weighted by Gasteiger charge is -2.03. The van der Waals surface area contributed by atoms with Gasteiger partial charge in [0.15, 0.2) is 0 Å². The van der Waals surface area contributed by atoms with Crippen molar-refractivity contribution in [1.82, 2.24) is 26.1 Å². The molecule has 0 aromatic carbocycles. The number of rotatable bonds is 5. The Labute approximate surface area is 115 Å². The van der Waals surface area contributed by atoms with E-state index in [1.807, 2.05) is 0 Å². The number of hydrogen-bond donors (Lipinski definition) is 3. The van der Waals surface area contributed by atoms with Gasteiger partial charge in [0.25, 0.3) is 11.7 Å². The summed E-state index contributed by atoms with van der Waals surface area (Å²) in [4.78, 5) is 27.3. The Balaban J connectivity index is 1.49. The average molecular weight is 279 g/mol. The zero-order valence-electron chi connectivity index (χ0n) is 11.0. The molecule has 1 saturated heterocycles. The average Bonchev–Trinajstić information content (AvgIpc) is 2.97. The lowest BCUT2D eigenvalue weighted by Crippen LogP contribution is -2.38. The van der Waals surface area contributed by atoms with Crippen LogP contribution in [0.1, 0.15) is 48.2 Å². The Bertz CT molecular complexity index is 505. The molecule has 1 atom stereocenters. The van der Waals surface area contributed by atoms with E-state index in [1.165, 1.54) is 0 Å². The van der Waals surface area contributed by atoms with Crippen molar-refractivity contribution in [3.8, 4) is 0 Å². The van der Waals surface area contributed by atoms with E-state index < -0.39 is 5.91 Å². The van der Waals surface area contributed by atoms with Crippen LogP contribution < -0.4 is 16.0 Å². The minimum Gasteiger partial charge on any atom is -0.352 e. The van der Waals surface area contributed by atoms with Crippen LogP contribution in [0, 0.1) is 0 Å². The molecule has 8 nitrogen and oxygen atoms in total. The topological polar surface area (TPSA) is 109 Å². The van der Waals surface area contributed by atoms with E-state index in [0.29, 0.717) is 5.89 Å². The molecule has 1 saturated carbocycles. The Morgan fingerprint density at radius 2 is 2.20 bits per heavy atom. The van der Waals surface area contributed by atoms with Crippen LogP contribution in [-0.4, -0.2) is 41.1 Å². The summed E-state index contributed by atoms with van der Waals surface area (Å²) in [6.45, 7) is 0.844. The number of nitrogens with zero attached hydrogens (tertiary/aromatic N) is 2. The molecule has 2 fully saturated rings. The molecule has 2 heterocycles. The number of amides is 2. The lowest BCUT2D eigenvalue weighted by atomic mass is 10.2. The molecular formula is C12H17N5O3. The highest BCUT2D eigenvalue weighted by molar-refractivity contribution is 5.93. The third-order valence-corrected chi connectivity index (χ3v) is 3.36. The van der Waals surface area contributed by atoms with Gasteiger partial charge in [-0.2, -0.15) is 4.98 Å². The van der Waals surface area contributed by atoms with Gasteiger partial charge in [0.05, 0.1) is 12.6 Å². The van der Waals surface area contributed by atoms with Gasteiger partial charge >= 0.3 is 0 Å². The van der Waals surface area contributed by atoms with Gasteiger partial charge in [-0.15, -0.1) is 0 Å². The van der Waals surface area contributed by atoms with Gasteiger partial charge in [0.1, 0.15) is 0 Å². The van der Waals surface area contributed by atoms with Crippen molar-refractivity contribution in [3.05, 3.63) is 11.7 Å². The summed E-state index contributed by atoms with van der Waals surface area (Å²) in [5, 5.41) is 12.1. The smallest absolute Gasteiger partial charge is 0.293 e. The van der Waals surface area contributed by atoms with E-state index in [4.69, 9.17) is 4.52 Å². The predicted molar refractivity (Wildman–Crippen MR) is 67.8 cm³/mol. The minimum absolute atomic E-state index is 0.0298. The van der Waals surface area contributed by atoms with E-state index in [2.05, 4.69) is 26.1 Å². The van der Waals surface area contributed by atoms with Crippen molar-refractivity contribution in [3.63, 3.8) is 0 Å². The summed E-state index contributed by atoms with van der Waals surface area (Å²) < 4.78 is 5.07. The zero-order valence-corrected chi connectivity index (χ0v) is 11.0. The molecule has 8 heteroatoms. The Hall–Kier alpha value is -1.96. The molecule has 1 aromatic rings. The Morgan fingerprint density at radius 3 is 2.90 bits per heavy atom.